The molecule has 4 heteroatoms. The molecule has 0 heterocycles. The smallest absolute Gasteiger partial charge is 0.134 e. The van der Waals surface area contributed by atoms with Gasteiger partial charge in [-0.2, -0.15) is 0 Å². The van der Waals surface area contributed by atoms with Crippen molar-refractivity contribution in [3.63, 3.8) is 0 Å². The van der Waals surface area contributed by atoms with Crippen molar-refractivity contribution < 1.29 is 9.90 Å². The Hall–Kier alpha value is -1.55. The maximum atomic E-state index is 10.2. The summed E-state index contributed by atoms with van der Waals surface area (Å²) in [6.45, 7) is 0.291. The Kier molecular flexibility index (Phi) is 3.31. The van der Waals surface area contributed by atoms with Crippen molar-refractivity contribution in [3.8, 4) is 0 Å². The first kappa shape index (κ1) is 11.5. The van der Waals surface area contributed by atoms with E-state index >= 15 is 0 Å². The molecular formula is C11H16N2O2. The van der Waals surface area contributed by atoms with Gasteiger partial charge in [0, 0.05) is 6.54 Å². The van der Waals surface area contributed by atoms with Crippen LogP contribution in [0.4, 0.5) is 10.5 Å². The molecule has 0 aliphatic heterocycles. The minimum Gasteiger partial charge on any atom is -0.530 e. The summed E-state index contributed by atoms with van der Waals surface area (Å²) < 4.78 is 0.744. The van der Waals surface area contributed by atoms with Crippen LogP contribution in [0, 0.1) is 0 Å². The lowest BCUT2D eigenvalue weighted by atomic mass is 10.2. The van der Waals surface area contributed by atoms with Gasteiger partial charge in [0.05, 0.1) is 21.1 Å². The highest BCUT2D eigenvalue weighted by Gasteiger charge is 2.10. The molecule has 0 spiro atoms. The SMILES string of the molecule is C[N+](C)(C)c1ccc(CNC(=O)[O-])cc1. The average molecular weight is 208 g/mol. The fraction of sp³-hybridized carbons (Fsp3) is 0.364. The molecule has 0 aromatic heterocycles. The van der Waals surface area contributed by atoms with Crippen LogP contribution in [-0.4, -0.2) is 27.2 Å². The van der Waals surface area contributed by atoms with E-state index in [1.807, 2.05) is 24.3 Å². The first-order valence-corrected chi connectivity index (χ1v) is 4.75. The molecular weight excluding hydrogens is 192 g/mol. The first-order chi connectivity index (χ1) is 6.89. The molecule has 1 aromatic carbocycles. The van der Waals surface area contributed by atoms with Crippen molar-refractivity contribution in [2.45, 2.75) is 6.54 Å². The zero-order chi connectivity index (χ0) is 11.5. The fourth-order valence-corrected chi connectivity index (χ4v) is 1.24. The monoisotopic (exact) mass is 208 g/mol. The van der Waals surface area contributed by atoms with Crippen LogP contribution in [-0.2, 0) is 6.54 Å². The predicted molar refractivity (Wildman–Crippen MR) is 58.2 cm³/mol. The normalized spacial score (nSPS) is 11.1. The first-order valence-electron chi connectivity index (χ1n) is 4.75. The quantitative estimate of drug-likeness (QED) is 0.727. The standard InChI is InChI=1S/C11H16N2O2/c1-13(2,3)10-6-4-9(5-7-10)8-12-11(14)15/h4-7,12H,8H2,1-3H3. The van der Waals surface area contributed by atoms with E-state index < -0.39 is 6.09 Å². The number of nitrogens with zero attached hydrogens (tertiary/aromatic N) is 1. The van der Waals surface area contributed by atoms with Crippen LogP contribution in [0.25, 0.3) is 0 Å². The van der Waals surface area contributed by atoms with Crippen molar-refractivity contribution in [2.75, 3.05) is 21.1 Å². The summed E-state index contributed by atoms with van der Waals surface area (Å²) in [5, 5.41) is 12.4. The molecule has 0 saturated carbocycles. The number of hydrogen-bond donors (Lipinski definition) is 1. The highest BCUT2D eigenvalue weighted by Crippen LogP contribution is 2.16. The van der Waals surface area contributed by atoms with E-state index in [0.717, 1.165) is 10.0 Å². The number of carbonyl (C=O) groups excluding carboxylic acids is 1. The molecule has 15 heavy (non-hydrogen) atoms. The van der Waals surface area contributed by atoms with Crippen LogP contribution in [0.3, 0.4) is 0 Å². The van der Waals surface area contributed by atoms with E-state index in [2.05, 4.69) is 26.5 Å². The molecule has 0 saturated heterocycles. The van der Waals surface area contributed by atoms with Crippen LogP contribution >= 0.6 is 0 Å². The molecule has 1 aromatic rings. The molecule has 0 aliphatic rings. The molecule has 0 radical (unpaired) electrons. The van der Waals surface area contributed by atoms with E-state index in [4.69, 9.17) is 0 Å². The zero-order valence-corrected chi connectivity index (χ0v) is 9.28. The number of amides is 1. The van der Waals surface area contributed by atoms with Crippen LogP contribution in [0.1, 0.15) is 5.56 Å². The van der Waals surface area contributed by atoms with Crippen molar-refractivity contribution in [3.05, 3.63) is 29.8 Å². The summed E-state index contributed by atoms with van der Waals surface area (Å²) in [6.07, 6.45) is -1.24. The summed E-state index contributed by atoms with van der Waals surface area (Å²) in [5.74, 6) is 0. The third kappa shape index (κ3) is 3.59. The van der Waals surface area contributed by atoms with Crippen molar-refractivity contribution in [2.24, 2.45) is 0 Å². The van der Waals surface area contributed by atoms with E-state index in [1.165, 1.54) is 5.69 Å². The second-order valence-corrected chi connectivity index (χ2v) is 4.32. The molecule has 82 valence electrons. The maximum Gasteiger partial charge on any atom is 0.134 e. The minimum absolute atomic E-state index is 0.291. The summed E-state index contributed by atoms with van der Waals surface area (Å²) in [4.78, 5) is 10.2. The largest absolute Gasteiger partial charge is 0.530 e. The molecule has 0 atom stereocenters. The van der Waals surface area contributed by atoms with E-state index in [-0.39, 0.29) is 0 Å². The number of hydrogen-bond acceptors (Lipinski definition) is 2. The number of nitrogens with one attached hydrogen (secondary N) is 1. The molecule has 4 nitrogen and oxygen atoms in total. The molecule has 1 amide bonds. The van der Waals surface area contributed by atoms with E-state index in [9.17, 15) is 9.90 Å². The Morgan fingerprint density at radius 3 is 2.20 bits per heavy atom. The highest BCUT2D eigenvalue weighted by atomic mass is 16.4. The summed E-state index contributed by atoms with van der Waals surface area (Å²) in [6, 6.07) is 7.81. The molecule has 0 aliphatic carbocycles. The van der Waals surface area contributed by atoms with Gasteiger partial charge in [-0.15, -0.1) is 0 Å². The second-order valence-electron chi connectivity index (χ2n) is 4.32. The summed E-state index contributed by atoms with van der Waals surface area (Å²) >= 11 is 0. The topological polar surface area (TPSA) is 52.2 Å². The highest BCUT2D eigenvalue weighted by molar-refractivity contribution is 5.61. The van der Waals surface area contributed by atoms with Gasteiger partial charge in [-0.25, -0.2) is 0 Å². The van der Waals surface area contributed by atoms with Crippen LogP contribution in [0.5, 0.6) is 0 Å². The molecule has 0 unspecified atom stereocenters. The third-order valence-corrected chi connectivity index (χ3v) is 2.15. The zero-order valence-electron chi connectivity index (χ0n) is 9.28. The number of benzene rings is 1. The number of quaternary nitrogens is 1. The van der Waals surface area contributed by atoms with Crippen LogP contribution in [0.2, 0.25) is 0 Å². The van der Waals surface area contributed by atoms with E-state index in [1.54, 1.807) is 0 Å². The van der Waals surface area contributed by atoms with Gasteiger partial charge in [0.25, 0.3) is 0 Å². The van der Waals surface area contributed by atoms with Crippen molar-refractivity contribution in [1.29, 1.82) is 0 Å². The van der Waals surface area contributed by atoms with Gasteiger partial charge in [-0.1, -0.05) is 12.1 Å². The average Bonchev–Trinajstić information content (AvgIpc) is 2.14. The lowest BCUT2D eigenvalue weighted by Crippen LogP contribution is -2.36. The minimum atomic E-state index is -1.24. The van der Waals surface area contributed by atoms with Gasteiger partial charge in [-0.3, -0.25) is 4.48 Å². The van der Waals surface area contributed by atoms with Gasteiger partial charge < -0.3 is 15.2 Å². The molecule has 0 bridgehead atoms. The van der Waals surface area contributed by atoms with Gasteiger partial charge in [0.1, 0.15) is 11.8 Å². The summed E-state index contributed by atoms with van der Waals surface area (Å²) in [7, 11) is 6.23. The number of carboxylic acid groups (broad SMARTS) is 1. The summed E-state index contributed by atoms with van der Waals surface area (Å²) in [5.41, 5.74) is 2.10. The molecule has 1 N–H and O–H groups in total. The van der Waals surface area contributed by atoms with Crippen molar-refractivity contribution in [1.82, 2.24) is 9.80 Å². The van der Waals surface area contributed by atoms with Gasteiger partial charge in [0.2, 0.25) is 0 Å². The van der Waals surface area contributed by atoms with E-state index in [0.29, 0.717) is 6.54 Å². The van der Waals surface area contributed by atoms with Gasteiger partial charge in [-0.05, 0) is 17.7 Å². The Morgan fingerprint density at radius 2 is 1.80 bits per heavy atom. The lowest BCUT2D eigenvalue weighted by molar-refractivity contribution is -0.251. The molecule has 0 fully saturated rings. The maximum absolute atomic E-state index is 10.2. The van der Waals surface area contributed by atoms with Gasteiger partial charge in [0.15, 0.2) is 0 Å². The predicted octanol–water partition coefficient (Wildman–Crippen LogP) is 0.316. The lowest BCUT2D eigenvalue weighted by Gasteiger charge is -2.23. The third-order valence-electron chi connectivity index (χ3n) is 2.15. The Balaban J connectivity index is 2.69. The Labute approximate surface area is 89.7 Å². The van der Waals surface area contributed by atoms with Crippen molar-refractivity contribution >= 4 is 11.8 Å². The van der Waals surface area contributed by atoms with Gasteiger partial charge >= 0.3 is 0 Å². The van der Waals surface area contributed by atoms with Crippen LogP contribution < -0.4 is 14.9 Å². The van der Waals surface area contributed by atoms with Crippen LogP contribution in [0.15, 0.2) is 24.3 Å². The second kappa shape index (κ2) is 4.31. The Morgan fingerprint density at radius 1 is 1.27 bits per heavy atom. The Bertz CT molecular complexity index is 339. The number of rotatable bonds is 3. The number of carbonyl (C=O) groups is 1. The fourth-order valence-electron chi connectivity index (χ4n) is 1.24. The molecule has 1 rings (SSSR count).